The van der Waals surface area contributed by atoms with Crippen molar-refractivity contribution in [2.45, 2.75) is 32.2 Å². The maximum Gasteiger partial charge on any atom is 0.238 e. The van der Waals surface area contributed by atoms with E-state index in [0.717, 1.165) is 32.4 Å². The number of nitrogens with one attached hydrogen (secondary N) is 1. The predicted octanol–water partition coefficient (Wildman–Crippen LogP) is 0.869. The molecule has 1 atom stereocenters. The van der Waals surface area contributed by atoms with E-state index in [-0.39, 0.29) is 11.9 Å². The van der Waals surface area contributed by atoms with Crippen LogP contribution in [0.3, 0.4) is 0 Å². The smallest absolute Gasteiger partial charge is 0.238 e. The highest BCUT2D eigenvalue weighted by Crippen LogP contribution is 1.95. The van der Waals surface area contributed by atoms with Crippen LogP contribution in [0.2, 0.25) is 0 Å². The molecule has 4 heteroatoms. The fourth-order valence-corrected chi connectivity index (χ4v) is 1.34. The number of ether oxygens (including phenoxy) is 1. The molecule has 0 heterocycles. The van der Waals surface area contributed by atoms with Gasteiger partial charge in [0.25, 0.3) is 0 Å². The molecule has 0 rings (SSSR count). The number of hydrogen-bond donors (Lipinski definition) is 1. The van der Waals surface area contributed by atoms with Gasteiger partial charge in [0.15, 0.2) is 0 Å². The summed E-state index contributed by atoms with van der Waals surface area (Å²) in [4.78, 5) is 13.1. The Morgan fingerprint density at radius 1 is 1.33 bits per heavy atom. The van der Waals surface area contributed by atoms with Crippen LogP contribution in [0.25, 0.3) is 0 Å². The standard InChI is InChI=1S/C11H24N2O2/c1-10(11(14)13(2)3)12-8-6-5-7-9-15-4/h10,12H,5-9H2,1-4H3. The molecule has 1 unspecified atom stereocenters. The second-order valence-electron chi connectivity index (χ2n) is 3.96. The molecule has 0 bridgehead atoms. The lowest BCUT2D eigenvalue weighted by Crippen LogP contribution is -2.41. The summed E-state index contributed by atoms with van der Waals surface area (Å²) in [7, 11) is 5.27. The van der Waals surface area contributed by atoms with E-state index in [0.29, 0.717) is 0 Å². The van der Waals surface area contributed by atoms with Crippen molar-refractivity contribution >= 4 is 5.91 Å². The summed E-state index contributed by atoms with van der Waals surface area (Å²) >= 11 is 0. The lowest BCUT2D eigenvalue weighted by Gasteiger charge is -2.17. The van der Waals surface area contributed by atoms with Crippen LogP contribution in [0.1, 0.15) is 26.2 Å². The highest BCUT2D eigenvalue weighted by molar-refractivity contribution is 5.80. The van der Waals surface area contributed by atoms with Crippen LogP contribution in [-0.2, 0) is 9.53 Å². The van der Waals surface area contributed by atoms with E-state index >= 15 is 0 Å². The molecule has 0 aliphatic rings. The lowest BCUT2D eigenvalue weighted by atomic mass is 10.2. The quantitative estimate of drug-likeness (QED) is 0.612. The fraction of sp³-hybridized carbons (Fsp3) is 0.909. The third-order valence-corrected chi connectivity index (χ3v) is 2.29. The molecule has 1 amide bonds. The molecule has 0 aromatic carbocycles. The third kappa shape index (κ3) is 7.33. The first kappa shape index (κ1) is 14.4. The SMILES string of the molecule is COCCCCCNC(C)C(=O)N(C)C. The molecule has 0 aromatic heterocycles. The van der Waals surface area contributed by atoms with Crippen molar-refractivity contribution in [2.24, 2.45) is 0 Å². The Labute approximate surface area is 93.0 Å². The number of unbranched alkanes of at least 4 members (excludes halogenated alkanes) is 2. The molecule has 0 aliphatic carbocycles. The topological polar surface area (TPSA) is 41.6 Å². The van der Waals surface area contributed by atoms with Gasteiger partial charge in [-0.1, -0.05) is 0 Å². The van der Waals surface area contributed by atoms with Gasteiger partial charge in [0.1, 0.15) is 0 Å². The molecule has 90 valence electrons. The second kappa shape index (κ2) is 8.68. The van der Waals surface area contributed by atoms with Gasteiger partial charge in [0.05, 0.1) is 6.04 Å². The Bertz CT molecular complexity index is 172. The monoisotopic (exact) mass is 216 g/mol. The largest absolute Gasteiger partial charge is 0.385 e. The average Bonchev–Trinajstić information content (AvgIpc) is 2.21. The molecule has 4 nitrogen and oxygen atoms in total. The van der Waals surface area contributed by atoms with Crippen LogP contribution in [-0.4, -0.2) is 51.2 Å². The molecule has 15 heavy (non-hydrogen) atoms. The zero-order valence-corrected chi connectivity index (χ0v) is 10.4. The number of carbonyl (C=O) groups is 1. The van der Waals surface area contributed by atoms with Gasteiger partial charge in [0, 0.05) is 27.8 Å². The molecule has 0 fully saturated rings. The lowest BCUT2D eigenvalue weighted by molar-refractivity contribution is -0.130. The van der Waals surface area contributed by atoms with Crippen molar-refractivity contribution in [1.82, 2.24) is 10.2 Å². The minimum Gasteiger partial charge on any atom is -0.385 e. The van der Waals surface area contributed by atoms with E-state index in [1.54, 1.807) is 26.1 Å². The third-order valence-electron chi connectivity index (χ3n) is 2.29. The molecule has 0 saturated carbocycles. The Kier molecular flexibility index (Phi) is 8.33. The summed E-state index contributed by atoms with van der Waals surface area (Å²) in [6.07, 6.45) is 3.33. The van der Waals surface area contributed by atoms with E-state index in [9.17, 15) is 4.79 Å². The first-order valence-electron chi connectivity index (χ1n) is 5.53. The molecule has 0 spiro atoms. The van der Waals surface area contributed by atoms with Crippen molar-refractivity contribution in [3.63, 3.8) is 0 Å². The Morgan fingerprint density at radius 3 is 2.53 bits per heavy atom. The minimum atomic E-state index is -0.0811. The van der Waals surface area contributed by atoms with Gasteiger partial charge in [0.2, 0.25) is 5.91 Å². The van der Waals surface area contributed by atoms with Crippen molar-refractivity contribution in [2.75, 3.05) is 34.4 Å². The van der Waals surface area contributed by atoms with Crippen LogP contribution >= 0.6 is 0 Å². The van der Waals surface area contributed by atoms with E-state index < -0.39 is 0 Å². The first-order chi connectivity index (χ1) is 7.09. The van der Waals surface area contributed by atoms with Crippen LogP contribution in [0, 0.1) is 0 Å². The van der Waals surface area contributed by atoms with Crippen molar-refractivity contribution in [3.05, 3.63) is 0 Å². The van der Waals surface area contributed by atoms with Crippen LogP contribution in [0.4, 0.5) is 0 Å². The molecular weight excluding hydrogens is 192 g/mol. The van der Waals surface area contributed by atoms with E-state index in [1.165, 1.54) is 0 Å². The van der Waals surface area contributed by atoms with Gasteiger partial charge in [-0.05, 0) is 32.7 Å². The summed E-state index contributed by atoms with van der Waals surface area (Å²) in [6.45, 7) is 3.62. The number of nitrogens with zero attached hydrogens (tertiary/aromatic N) is 1. The number of carbonyl (C=O) groups excluding carboxylic acids is 1. The molecule has 0 radical (unpaired) electrons. The average molecular weight is 216 g/mol. The van der Waals surface area contributed by atoms with Gasteiger partial charge in [-0.2, -0.15) is 0 Å². The summed E-state index contributed by atoms with van der Waals surface area (Å²) < 4.78 is 4.96. The number of hydrogen-bond acceptors (Lipinski definition) is 3. The predicted molar refractivity (Wildman–Crippen MR) is 61.9 cm³/mol. The normalized spacial score (nSPS) is 12.5. The van der Waals surface area contributed by atoms with Crippen molar-refractivity contribution in [1.29, 1.82) is 0 Å². The molecule has 0 aliphatic heterocycles. The Balaban J connectivity index is 3.39. The van der Waals surface area contributed by atoms with E-state index in [1.807, 2.05) is 6.92 Å². The highest BCUT2D eigenvalue weighted by Gasteiger charge is 2.12. The van der Waals surface area contributed by atoms with Gasteiger partial charge in [-0.25, -0.2) is 0 Å². The maximum absolute atomic E-state index is 11.5. The second-order valence-corrected chi connectivity index (χ2v) is 3.96. The summed E-state index contributed by atoms with van der Waals surface area (Å²) in [5.74, 6) is 0.131. The van der Waals surface area contributed by atoms with Crippen LogP contribution in [0.5, 0.6) is 0 Å². The van der Waals surface area contributed by atoms with Crippen molar-refractivity contribution < 1.29 is 9.53 Å². The van der Waals surface area contributed by atoms with Gasteiger partial charge in [-0.3, -0.25) is 4.79 Å². The zero-order chi connectivity index (χ0) is 11.7. The van der Waals surface area contributed by atoms with Crippen LogP contribution in [0.15, 0.2) is 0 Å². The van der Waals surface area contributed by atoms with E-state index in [4.69, 9.17) is 4.74 Å². The van der Waals surface area contributed by atoms with Gasteiger partial charge < -0.3 is 15.0 Å². The fourth-order valence-electron chi connectivity index (χ4n) is 1.34. The van der Waals surface area contributed by atoms with E-state index in [2.05, 4.69) is 5.32 Å². The number of likely N-dealkylation sites (N-methyl/N-ethyl adjacent to an activating group) is 1. The summed E-state index contributed by atoms with van der Waals surface area (Å²) in [5, 5.41) is 3.21. The Morgan fingerprint density at radius 2 is 2.00 bits per heavy atom. The molecule has 0 aromatic rings. The molecule has 0 saturated heterocycles. The number of rotatable bonds is 8. The minimum absolute atomic E-state index is 0.0811. The van der Waals surface area contributed by atoms with Crippen molar-refractivity contribution in [3.8, 4) is 0 Å². The van der Waals surface area contributed by atoms with Gasteiger partial charge in [-0.15, -0.1) is 0 Å². The number of amides is 1. The van der Waals surface area contributed by atoms with Crippen LogP contribution < -0.4 is 5.32 Å². The summed E-state index contributed by atoms with van der Waals surface area (Å²) in [5.41, 5.74) is 0. The first-order valence-corrected chi connectivity index (χ1v) is 5.53. The van der Waals surface area contributed by atoms with Gasteiger partial charge >= 0.3 is 0 Å². The highest BCUT2D eigenvalue weighted by atomic mass is 16.5. The Hall–Kier alpha value is -0.610. The summed E-state index contributed by atoms with van der Waals surface area (Å²) in [6, 6.07) is -0.0811. The molecular formula is C11H24N2O2. The molecule has 1 N–H and O–H groups in total. The maximum atomic E-state index is 11.5. The number of methoxy groups -OCH3 is 1. The zero-order valence-electron chi connectivity index (χ0n) is 10.4.